The number of carboxylic acids is 1. The van der Waals surface area contributed by atoms with Crippen LogP contribution in [0, 0.1) is 6.92 Å². The lowest BCUT2D eigenvalue weighted by Crippen LogP contribution is -2.33. The van der Waals surface area contributed by atoms with Crippen molar-refractivity contribution in [1.29, 1.82) is 0 Å². The van der Waals surface area contributed by atoms with Crippen LogP contribution in [0.3, 0.4) is 0 Å². The molecule has 0 aliphatic heterocycles. The second-order valence-electron chi connectivity index (χ2n) is 6.33. The lowest BCUT2D eigenvalue weighted by molar-refractivity contribution is -0.192. The molecule has 0 fully saturated rings. The van der Waals surface area contributed by atoms with Crippen molar-refractivity contribution in [3.8, 4) is 0 Å². The number of hydrogen-bond acceptors (Lipinski definition) is 8. The molecule has 0 spiro atoms. The minimum absolute atomic E-state index is 0.0772. The number of aromatic nitrogens is 2. The number of hydrogen-bond donors (Lipinski definition) is 2. The van der Waals surface area contributed by atoms with Crippen molar-refractivity contribution in [1.82, 2.24) is 9.55 Å². The molecule has 0 bridgehead atoms. The third kappa shape index (κ3) is 7.04. The zero-order chi connectivity index (χ0) is 24.6. The summed E-state index contributed by atoms with van der Waals surface area (Å²) in [6.45, 7) is 3.91. The van der Waals surface area contributed by atoms with Crippen molar-refractivity contribution in [3.05, 3.63) is 39.8 Å². The molecular formula is C19H22F3N3O7. The van der Waals surface area contributed by atoms with E-state index in [4.69, 9.17) is 20.4 Å². The molecule has 10 nitrogen and oxygen atoms in total. The monoisotopic (exact) mass is 461 g/mol. The summed E-state index contributed by atoms with van der Waals surface area (Å²) in [6, 6.07) is 2.51. The number of carbonyl (C=O) groups excluding carboxylic acids is 2. The normalized spacial score (nSPS) is 11.8. The number of pyridine rings is 2. The van der Waals surface area contributed by atoms with Crippen molar-refractivity contribution in [3.63, 3.8) is 0 Å². The first-order valence-corrected chi connectivity index (χ1v) is 9.14. The Morgan fingerprint density at radius 3 is 2.38 bits per heavy atom. The number of aliphatic carboxylic acids is 1. The van der Waals surface area contributed by atoms with Crippen LogP contribution in [0.15, 0.2) is 23.1 Å². The number of carboxylic acid groups (broad SMARTS) is 1. The van der Waals surface area contributed by atoms with E-state index in [1.807, 2.05) is 0 Å². The molecule has 0 aromatic carbocycles. The summed E-state index contributed by atoms with van der Waals surface area (Å²) in [4.78, 5) is 49.4. The zero-order valence-corrected chi connectivity index (χ0v) is 17.4. The largest absolute Gasteiger partial charge is 0.490 e. The number of alkyl halides is 3. The quantitative estimate of drug-likeness (QED) is 0.608. The second kappa shape index (κ2) is 11.2. The summed E-state index contributed by atoms with van der Waals surface area (Å²) in [5, 5.41) is 7.43. The van der Waals surface area contributed by atoms with E-state index in [1.165, 1.54) is 13.3 Å². The number of esters is 2. The van der Waals surface area contributed by atoms with E-state index in [0.29, 0.717) is 11.0 Å². The molecular weight excluding hydrogens is 439 g/mol. The number of halogens is 3. The smallest absolute Gasteiger partial charge is 0.475 e. The standard InChI is InChI=1S/C17H21N3O5.C2HF3O2/c1-4-25-16(22)12-9-20(8-7-13(18)17(23)24-3)15-11(14(12)21)6-5-10(2)19-15;3-2(4,5)1(6)7/h5-6,9,13H,4,7-8,18H2,1-3H3;(H,6,7). The van der Waals surface area contributed by atoms with Gasteiger partial charge in [0, 0.05) is 18.4 Å². The van der Waals surface area contributed by atoms with Crippen molar-refractivity contribution in [2.75, 3.05) is 13.7 Å². The lowest BCUT2D eigenvalue weighted by atomic mass is 10.1. The van der Waals surface area contributed by atoms with Gasteiger partial charge in [-0.05, 0) is 32.4 Å². The minimum atomic E-state index is -5.08. The van der Waals surface area contributed by atoms with Crippen molar-refractivity contribution < 1.29 is 42.1 Å². The van der Waals surface area contributed by atoms with E-state index in [1.54, 1.807) is 30.5 Å². The highest BCUT2D eigenvalue weighted by atomic mass is 19.4. The molecule has 0 aliphatic carbocycles. The average molecular weight is 461 g/mol. The van der Waals surface area contributed by atoms with E-state index < -0.39 is 35.6 Å². The number of methoxy groups -OCH3 is 1. The van der Waals surface area contributed by atoms with Crippen LogP contribution < -0.4 is 11.2 Å². The lowest BCUT2D eigenvalue weighted by Gasteiger charge is -2.15. The molecule has 1 atom stereocenters. The molecule has 0 aliphatic rings. The Morgan fingerprint density at radius 1 is 1.28 bits per heavy atom. The van der Waals surface area contributed by atoms with Crippen LogP contribution in [0.2, 0.25) is 0 Å². The summed E-state index contributed by atoms with van der Waals surface area (Å²) in [6.07, 6.45) is -3.42. The first-order chi connectivity index (χ1) is 14.8. The number of carbonyl (C=O) groups is 3. The summed E-state index contributed by atoms with van der Waals surface area (Å²) in [5.74, 6) is -3.98. The highest BCUT2D eigenvalue weighted by Gasteiger charge is 2.38. The molecule has 1 unspecified atom stereocenters. The molecule has 3 N–H and O–H groups in total. The average Bonchev–Trinajstić information content (AvgIpc) is 2.72. The topological polar surface area (TPSA) is 151 Å². The van der Waals surface area contributed by atoms with E-state index >= 15 is 0 Å². The van der Waals surface area contributed by atoms with Crippen molar-refractivity contribution in [2.24, 2.45) is 5.73 Å². The number of nitrogens with two attached hydrogens (primary N) is 1. The predicted molar refractivity (Wildman–Crippen MR) is 105 cm³/mol. The van der Waals surface area contributed by atoms with Crippen LogP contribution in [0.25, 0.3) is 11.0 Å². The fourth-order valence-corrected chi connectivity index (χ4v) is 2.43. The Kier molecular flexibility index (Phi) is 9.32. The van der Waals surface area contributed by atoms with E-state index in [-0.39, 0.29) is 25.1 Å². The highest BCUT2D eigenvalue weighted by molar-refractivity contribution is 5.93. The number of rotatable bonds is 6. The van der Waals surface area contributed by atoms with Crippen molar-refractivity contribution in [2.45, 2.75) is 39.0 Å². The fraction of sp³-hybridized carbons (Fsp3) is 0.421. The van der Waals surface area contributed by atoms with E-state index in [2.05, 4.69) is 9.72 Å². The molecule has 0 amide bonds. The first kappa shape index (κ1) is 26.6. The molecule has 32 heavy (non-hydrogen) atoms. The number of aryl methyl sites for hydroxylation is 2. The van der Waals surface area contributed by atoms with Gasteiger partial charge in [-0.15, -0.1) is 0 Å². The van der Waals surface area contributed by atoms with Gasteiger partial charge in [0.05, 0.1) is 19.1 Å². The van der Waals surface area contributed by atoms with Crippen LogP contribution in [-0.4, -0.2) is 58.5 Å². The molecule has 176 valence electrons. The van der Waals surface area contributed by atoms with E-state index in [0.717, 1.165) is 5.69 Å². The van der Waals surface area contributed by atoms with E-state index in [9.17, 15) is 27.6 Å². The molecule has 2 aromatic rings. The van der Waals surface area contributed by atoms with Crippen LogP contribution in [0.1, 0.15) is 29.4 Å². The molecule has 0 radical (unpaired) electrons. The number of fused-ring (bicyclic) bond motifs is 1. The van der Waals surface area contributed by atoms with Gasteiger partial charge in [-0.2, -0.15) is 13.2 Å². The van der Waals surface area contributed by atoms with Gasteiger partial charge in [0.2, 0.25) is 5.43 Å². The molecule has 0 saturated carbocycles. The van der Waals surface area contributed by atoms with Crippen LogP contribution >= 0.6 is 0 Å². The van der Waals surface area contributed by atoms with Crippen LogP contribution in [0.5, 0.6) is 0 Å². The summed E-state index contributed by atoms with van der Waals surface area (Å²) < 4.78 is 42.9. The fourth-order valence-electron chi connectivity index (χ4n) is 2.43. The Labute approximate surface area is 179 Å². The number of ether oxygens (including phenoxy) is 2. The second-order valence-corrected chi connectivity index (χ2v) is 6.33. The maximum Gasteiger partial charge on any atom is 0.490 e. The molecule has 2 aromatic heterocycles. The van der Waals surface area contributed by atoms with Crippen LogP contribution in [0.4, 0.5) is 13.2 Å². The van der Waals surface area contributed by atoms with Gasteiger partial charge in [-0.1, -0.05) is 0 Å². The molecule has 0 saturated heterocycles. The summed E-state index contributed by atoms with van der Waals surface area (Å²) >= 11 is 0. The predicted octanol–water partition coefficient (Wildman–Crippen LogP) is 1.41. The van der Waals surface area contributed by atoms with Gasteiger partial charge in [0.25, 0.3) is 0 Å². The van der Waals surface area contributed by atoms with Gasteiger partial charge < -0.3 is 24.9 Å². The Morgan fingerprint density at radius 2 is 1.88 bits per heavy atom. The van der Waals surface area contributed by atoms with Gasteiger partial charge in [-0.25, -0.2) is 14.6 Å². The maximum atomic E-state index is 12.5. The number of nitrogens with zero attached hydrogens (tertiary/aromatic N) is 2. The Bertz CT molecular complexity index is 1050. The maximum absolute atomic E-state index is 12.5. The minimum Gasteiger partial charge on any atom is -0.475 e. The third-order valence-corrected chi connectivity index (χ3v) is 3.98. The van der Waals surface area contributed by atoms with Gasteiger partial charge in [0.15, 0.2) is 0 Å². The zero-order valence-electron chi connectivity index (χ0n) is 17.4. The van der Waals surface area contributed by atoms with Gasteiger partial charge >= 0.3 is 24.1 Å². The summed E-state index contributed by atoms with van der Waals surface area (Å²) in [7, 11) is 1.26. The van der Waals surface area contributed by atoms with Crippen molar-refractivity contribution >= 4 is 28.9 Å². The SMILES string of the molecule is CCOC(=O)c1cn(CCC(N)C(=O)OC)c2nc(C)ccc2c1=O.O=C(O)C(F)(F)F. The Hall–Kier alpha value is -3.48. The van der Waals surface area contributed by atoms with Crippen LogP contribution in [-0.2, 0) is 25.6 Å². The molecule has 2 rings (SSSR count). The first-order valence-electron chi connectivity index (χ1n) is 9.14. The highest BCUT2D eigenvalue weighted by Crippen LogP contribution is 2.14. The Balaban J connectivity index is 0.000000633. The summed E-state index contributed by atoms with van der Waals surface area (Å²) in [5.41, 5.74) is 6.40. The molecule has 13 heteroatoms. The van der Waals surface area contributed by atoms with Gasteiger partial charge in [0.1, 0.15) is 17.3 Å². The van der Waals surface area contributed by atoms with Gasteiger partial charge in [-0.3, -0.25) is 9.59 Å². The molecule has 2 heterocycles. The third-order valence-electron chi connectivity index (χ3n) is 3.98.